The molecule has 0 atom stereocenters. The predicted octanol–water partition coefficient (Wildman–Crippen LogP) is 8.82. The average molecular weight is 614 g/mol. The van der Waals surface area contributed by atoms with Crippen molar-refractivity contribution in [3.8, 4) is 0 Å². The number of hydrogen-bond donors (Lipinski definition) is 0. The van der Waals surface area contributed by atoms with Crippen molar-refractivity contribution in [3.63, 3.8) is 0 Å². The van der Waals surface area contributed by atoms with Crippen LogP contribution >= 0.6 is 0 Å². The summed E-state index contributed by atoms with van der Waals surface area (Å²) < 4.78 is 0. The molecule has 0 bridgehead atoms. The minimum atomic E-state index is 0.104. The van der Waals surface area contributed by atoms with E-state index in [1.165, 1.54) is 12.8 Å². The van der Waals surface area contributed by atoms with Crippen molar-refractivity contribution in [2.24, 2.45) is 16.7 Å². The molecule has 1 aromatic rings. The molecule has 1 aromatic heterocycles. The van der Waals surface area contributed by atoms with Crippen molar-refractivity contribution in [1.29, 1.82) is 0 Å². The molecule has 1 saturated heterocycles. The van der Waals surface area contributed by atoms with E-state index < -0.39 is 0 Å². The highest BCUT2D eigenvalue weighted by Crippen LogP contribution is 2.52. The van der Waals surface area contributed by atoms with Crippen LogP contribution in [0.5, 0.6) is 0 Å². The third-order valence-electron chi connectivity index (χ3n) is 11.6. The molecule has 2 fully saturated rings. The number of hydrogen-bond acceptors (Lipinski definition) is 7. The van der Waals surface area contributed by atoms with Crippen LogP contribution in [0.3, 0.4) is 0 Å². The molecule has 2 aliphatic rings. The monoisotopic (exact) mass is 614 g/mol. The number of unbranched alkanes of at least 4 members (excludes halogenated alkanes) is 2. The van der Waals surface area contributed by atoms with E-state index in [2.05, 4.69) is 117 Å². The lowest BCUT2D eigenvalue weighted by atomic mass is 9.56. The normalized spacial score (nSPS) is 24.7. The second-order valence-electron chi connectivity index (χ2n) is 16.7. The quantitative estimate of drug-likeness (QED) is 0.208. The van der Waals surface area contributed by atoms with Gasteiger partial charge in [0, 0.05) is 49.3 Å². The number of nitrogens with zero attached hydrogens (tertiary/aromatic N) is 7. The number of anilines is 3. The Kier molecular flexibility index (Phi) is 12.1. The van der Waals surface area contributed by atoms with E-state index in [1.807, 2.05) is 0 Å². The SMILES string of the molecule is CCCCN(CCCC)c1nc(N(CC)C2CC(C)(C)C(C)C(C)(C)C2)nc(N(CC)C2CC(C)(C)N(CC)C(C)(C)C2)n1. The molecular weight excluding hydrogens is 542 g/mol. The minimum Gasteiger partial charge on any atom is -0.341 e. The van der Waals surface area contributed by atoms with Gasteiger partial charge in [-0.2, -0.15) is 15.0 Å². The minimum absolute atomic E-state index is 0.104. The second-order valence-corrected chi connectivity index (χ2v) is 16.7. The van der Waals surface area contributed by atoms with Gasteiger partial charge in [0.25, 0.3) is 0 Å². The van der Waals surface area contributed by atoms with E-state index in [-0.39, 0.29) is 21.9 Å². The van der Waals surface area contributed by atoms with Crippen molar-refractivity contribution in [3.05, 3.63) is 0 Å². The van der Waals surface area contributed by atoms with Gasteiger partial charge in [-0.25, -0.2) is 0 Å². The van der Waals surface area contributed by atoms with E-state index in [0.29, 0.717) is 18.0 Å². The fraction of sp³-hybridized carbons (Fsp3) is 0.919. The van der Waals surface area contributed by atoms with Gasteiger partial charge in [0.2, 0.25) is 17.8 Å². The van der Waals surface area contributed by atoms with Gasteiger partial charge in [-0.05, 0) is 103 Å². The van der Waals surface area contributed by atoms with Crippen molar-refractivity contribution < 1.29 is 0 Å². The fourth-order valence-electron chi connectivity index (χ4n) is 9.14. The summed E-state index contributed by atoms with van der Waals surface area (Å²) >= 11 is 0. The summed E-state index contributed by atoms with van der Waals surface area (Å²) in [5.41, 5.74) is 0.722. The topological polar surface area (TPSA) is 51.6 Å². The summed E-state index contributed by atoms with van der Waals surface area (Å²) in [4.78, 5) is 26.3. The first-order valence-corrected chi connectivity index (χ1v) is 18.3. The second kappa shape index (κ2) is 14.4. The molecule has 1 saturated carbocycles. The number of likely N-dealkylation sites (tertiary alicyclic amines) is 1. The van der Waals surface area contributed by atoms with Gasteiger partial charge in [0.1, 0.15) is 0 Å². The lowest BCUT2D eigenvalue weighted by molar-refractivity contribution is -0.0315. The largest absolute Gasteiger partial charge is 0.341 e. The summed E-state index contributed by atoms with van der Waals surface area (Å²) in [6.07, 6.45) is 9.15. The Morgan fingerprint density at radius 2 is 1.00 bits per heavy atom. The van der Waals surface area contributed by atoms with Gasteiger partial charge >= 0.3 is 0 Å². The molecule has 0 aromatic carbocycles. The third kappa shape index (κ3) is 8.01. The molecule has 1 aliphatic carbocycles. The zero-order chi connectivity index (χ0) is 33.1. The average Bonchev–Trinajstić information content (AvgIpc) is 2.91. The molecule has 0 spiro atoms. The molecule has 44 heavy (non-hydrogen) atoms. The molecule has 0 unspecified atom stereocenters. The van der Waals surface area contributed by atoms with Crippen LogP contribution in [0, 0.1) is 16.7 Å². The summed E-state index contributed by atoms with van der Waals surface area (Å²) in [5, 5.41) is 0. The van der Waals surface area contributed by atoms with Crippen molar-refractivity contribution in [2.45, 2.75) is 171 Å². The molecule has 0 radical (unpaired) electrons. The Balaban J connectivity index is 2.14. The van der Waals surface area contributed by atoms with Gasteiger partial charge in [-0.15, -0.1) is 0 Å². The van der Waals surface area contributed by atoms with E-state index in [1.54, 1.807) is 0 Å². The standard InChI is InChI=1S/C37H71N7/c1-15-20-22-41(23-21-16-2)31-38-32(42(17-3)29-24-34(7,8)28(6)35(9,10)25-29)40-33(39-31)43(18-4)30-26-36(11,12)44(19-5)37(13,14)27-30/h28-30H,15-27H2,1-14H3. The van der Waals surface area contributed by atoms with Crippen LogP contribution in [0.1, 0.15) is 148 Å². The molecule has 7 nitrogen and oxygen atoms in total. The molecule has 0 amide bonds. The smallest absolute Gasteiger partial charge is 0.232 e. The lowest BCUT2D eigenvalue weighted by Crippen LogP contribution is -2.64. The third-order valence-corrected chi connectivity index (χ3v) is 11.6. The van der Waals surface area contributed by atoms with E-state index >= 15 is 0 Å². The van der Waals surface area contributed by atoms with Gasteiger partial charge in [-0.3, -0.25) is 4.90 Å². The van der Waals surface area contributed by atoms with E-state index in [4.69, 9.17) is 15.0 Å². The van der Waals surface area contributed by atoms with Crippen molar-refractivity contribution in [1.82, 2.24) is 19.9 Å². The van der Waals surface area contributed by atoms with E-state index in [9.17, 15) is 0 Å². The van der Waals surface area contributed by atoms with E-state index in [0.717, 1.165) is 89.1 Å². The highest BCUT2D eigenvalue weighted by atomic mass is 15.4. The molecule has 7 heteroatoms. The molecule has 1 aliphatic heterocycles. The zero-order valence-electron chi connectivity index (χ0n) is 31.6. The van der Waals surface area contributed by atoms with Crippen LogP contribution in [0.4, 0.5) is 17.8 Å². The Labute approximate surface area is 273 Å². The van der Waals surface area contributed by atoms with Crippen LogP contribution in [0.15, 0.2) is 0 Å². The van der Waals surface area contributed by atoms with Crippen LogP contribution in [-0.4, -0.2) is 75.7 Å². The summed E-state index contributed by atoms with van der Waals surface area (Å²) in [5.74, 6) is 3.27. The maximum Gasteiger partial charge on any atom is 0.232 e. The van der Waals surface area contributed by atoms with Gasteiger partial charge in [-0.1, -0.05) is 68.2 Å². The van der Waals surface area contributed by atoms with Crippen LogP contribution in [-0.2, 0) is 0 Å². The van der Waals surface area contributed by atoms with Gasteiger partial charge in [0.05, 0.1) is 0 Å². The van der Waals surface area contributed by atoms with Crippen LogP contribution in [0.25, 0.3) is 0 Å². The first-order chi connectivity index (χ1) is 20.5. The van der Waals surface area contributed by atoms with Crippen LogP contribution in [0.2, 0.25) is 0 Å². The molecular formula is C37H71N7. The Morgan fingerprint density at radius 1 is 0.614 bits per heavy atom. The van der Waals surface area contributed by atoms with Gasteiger partial charge in [0.15, 0.2) is 0 Å². The summed E-state index contributed by atoms with van der Waals surface area (Å²) in [7, 11) is 0. The summed E-state index contributed by atoms with van der Waals surface area (Å²) in [6, 6.07) is 0.781. The Morgan fingerprint density at radius 3 is 1.36 bits per heavy atom. The highest BCUT2D eigenvalue weighted by Gasteiger charge is 2.48. The molecule has 0 N–H and O–H groups in total. The molecule has 254 valence electrons. The lowest BCUT2D eigenvalue weighted by Gasteiger charge is -2.56. The number of piperidine rings is 1. The van der Waals surface area contributed by atoms with Crippen molar-refractivity contribution >= 4 is 17.8 Å². The van der Waals surface area contributed by atoms with Crippen molar-refractivity contribution in [2.75, 3.05) is 47.4 Å². The Hall–Kier alpha value is -1.63. The number of aromatic nitrogens is 3. The van der Waals surface area contributed by atoms with Gasteiger partial charge < -0.3 is 14.7 Å². The maximum absolute atomic E-state index is 5.41. The maximum atomic E-state index is 5.41. The highest BCUT2D eigenvalue weighted by molar-refractivity contribution is 5.48. The molecule has 3 rings (SSSR count). The summed E-state index contributed by atoms with van der Waals surface area (Å²) in [6.45, 7) is 38.3. The predicted molar refractivity (Wildman–Crippen MR) is 191 cm³/mol. The first-order valence-electron chi connectivity index (χ1n) is 18.3. The zero-order valence-corrected chi connectivity index (χ0v) is 31.6. The van der Waals surface area contributed by atoms with Crippen LogP contribution < -0.4 is 14.7 Å². The first kappa shape index (κ1) is 36.8. The number of rotatable bonds is 14. The molecule has 2 heterocycles. The Bertz CT molecular complexity index is 1000. The fourth-order valence-corrected chi connectivity index (χ4v) is 9.14.